The summed E-state index contributed by atoms with van der Waals surface area (Å²) in [5, 5.41) is 0. The topological polar surface area (TPSA) is 26.0 Å². The van der Waals surface area contributed by atoms with E-state index >= 15 is 0 Å². The lowest BCUT2D eigenvalue weighted by molar-refractivity contribution is 0.121. The summed E-state index contributed by atoms with van der Waals surface area (Å²) >= 11 is 0. The van der Waals surface area contributed by atoms with Gasteiger partial charge < -0.3 is 5.73 Å². The predicted octanol–water partition coefficient (Wildman–Crippen LogP) is 2.16. The fourth-order valence-corrected chi connectivity index (χ4v) is 4.66. The zero-order chi connectivity index (χ0) is 8.18. The first-order valence-electron chi connectivity index (χ1n) is 5.57. The van der Waals surface area contributed by atoms with E-state index in [9.17, 15) is 0 Å². The standard InChI is InChI=1S/C11H19N/c12-7-11-5-1-2-10(11)8-3-4-9(11)6-8/h8-10H,1-7,12H2/t8-,9-,10+,11-/m0/s1. The molecule has 3 saturated carbocycles. The van der Waals surface area contributed by atoms with Crippen LogP contribution in [0.4, 0.5) is 0 Å². The van der Waals surface area contributed by atoms with Crippen LogP contribution in [0.2, 0.25) is 0 Å². The van der Waals surface area contributed by atoms with Crippen LogP contribution in [0, 0.1) is 23.2 Å². The van der Waals surface area contributed by atoms with Crippen molar-refractivity contribution in [3.05, 3.63) is 0 Å². The molecule has 0 radical (unpaired) electrons. The third-order valence-electron chi connectivity index (χ3n) is 5.13. The van der Waals surface area contributed by atoms with Crippen LogP contribution < -0.4 is 5.73 Å². The number of hydrogen-bond donors (Lipinski definition) is 1. The first-order valence-corrected chi connectivity index (χ1v) is 5.57. The fraction of sp³-hybridized carbons (Fsp3) is 1.00. The minimum atomic E-state index is 0.642. The van der Waals surface area contributed by atoms with Crippen molar-refractivity contribution >= 4 is 0 Å². The van der Waals surface area contributed by atoms with Gasteiger partial charge in [-0.3, -0.25) is 0 Å². The van der Waals surface area contributed by atoms with Crippen LogP contribution in [0.15, 0.2) is 0 Å². The number of fused-ring (bicyclic) bond motifs is 5. The van der Waals surface area contributed by atoms with Crippen molar-refractivity contribution in [1.29, 1.82) is 0 Å². The van der Waals surface area contributed by atoms with Crippen molar-refractivity contribution < 1.29 is 0 Å². The second-order valence-electron chi connectivity index (χ2n) is 5.21. The van der Waals surface area contributed by atoms with Crippen molar-refractivity contribution in [3.8, 4) is 0 Å². The highest BCUT2D eigenvalue weighted by Crippen LogP contribution is 2.65. The highest BCUT2D eigenvalue weighted by Gasteiger charge is 2.58. The van der Waals surface area contributed by atoms with Gasteiger partial charge in [-0.1, -0.05) is 6.42 Å². The molecule has 4 atom stereocenters. The van der Waals surface area contributed by atoms with Crippen LogP contribution in [-0.2, 0) is 0 Å². The molecule has 0 aromatic carbocycles. The van der Waals surface area contributed by atoms with Gasteiger partial charge in [0.25, 0.3) is 0 Å². The van der Waals surface area contributed by atoms with E-state index in [0.717, 1.165) is 24.3 Å². The number of rotatable bonds is 1. The zero-order valence-electron chi connectivity index (χ0n) is 7.76. The lowest BCUT2D eigenvalue weighted by Gasteiger charge is -2.38. The molecule has 3 aliphatic rings. The van der Waals surface area contributed by atoms with Gasteiger partial charge in [0.15, 0.2) is 0 Å². The van der Waals surface area contributed by atoms with Crippen LogP contribution in [0.3, 0.4) is 0 Å². The van der Waals surface area contributed by atoms with E-state index in [2.05, 4.69) is 0 Å². The summed E-state index contributed by atoms with van der Waals surface area (Å²) in [5.41, 5.74) is 6.64. The van der Waals surface area contributed by atoms with Gasteiger partial charge in [0.05, 0.1) is 0 Å². The maximum atomic E-state index is 6.00. The van der Waals surface area contributed by atoms with E-state index in [1.54, 1.807) is 0 Å². The molecule has 2 N–H and O–H groups in total. The molecular weight excluding hydrogens is 146 g/mol. The van der Waals surface area contributed by atoms with Gasteiger partial charge in [-0.15, -0.1) is 0 Å². The van der Waals surface area contributed by atoms with E-state index in [4.69, 9.17) is 5.73 Å². The van der Waals surface area contributed by atoms with E-state index in [-0.39, 0.29) is 0 Å². The maximum Gasteiger partial charge on any atom is -0.00151 e. The predicted molar refractivity (Wildman–Crippen MR) is 49.7 cm³/mol. The zero-order valence-corrected chi connectivity index (χ0v) is 7.76. The Labute approximate surface area is 74.7 Å². The van der Waals surface area contributed by atoms with E-state index in [1.807, 2.05) is 0 Å². The third-order valence-corrected chi connectivity index (χ3v) is 5.13. The number of nitrogens with two attached hydrogens (primary N) is 1. The Kier molecular flexibility index (Phi) is 1.39. The van der Waals surface area contributed by atoms with E-state index in [1.165, 1.54) is 38.5 Å². The second kappa shape index (κ2) is 2.25. The summed E-state index contributed by atoms with van der Waals surface area (Å²) in [6.07, 6.45) is 8.97. The van der Waals surface area contributed by atoms with Crippen molar-refractivity contribution in [2.45, 2.75) is 38.5 Å². The lowest BCUT2D eigenvalue weighted by Crippen LogP contribution is -2.39. The Morgan fingerprint density at radius 3 is 2.92 bits per heavy atom. The van der Waals surface area contributed by atoms with Gasteiger partial charge >= 0.3 is 0 Å². The van der Waals surface area contributed by atoms with Gasteiger partial charge in [-0.2, -0.15) is 0 Å². The molecule has 68 valence electrons. The first-order chi connectivity index (χ1) is 5.87. The third kappa shape index (κ3) is 0.654. The van der Waals surface area contributed by atoms with Crippen LogP contribution >= 0.6 is 0 Å². The van der Waals surface area contributed by atoms with Crippen LogP contribution in [0.5, 0.6) is 0 Å². The highest BCUT2D eigenvalue weighted by molar-refractivity contribution is 5.09. The molecule has 1 nitrogen and oxygen atoms in total. The average Bonchev–Trinajstić information content (AvgIpc) is 2.76. The Morgan fingerprint density at radius 2 is 2.17 bits per heavy atom. The molecule has 0 unspecified atom stereocenters. The van der Waals surface area contributed by atoms with Crippen LogP contribution in [-0.4, -0.2) is 6.54 Å². The van der Waals surface area contributed by atoms with E-state index < -0.39 is 0 Å². The summed E-state index contributed by atoms with van der Waals surface area (Å²) in [5.74, 6) is 3.15. The highest BCUT2D eigenvalue weighted by atomic mass is 14.7. The van der Waals surface area contributed by atoms with Crippen molar-refractivity contribution in [1.82, 2.24) is 0 Å². The van der Waals surface area contributed by atoms with Gasteiger partial charge in [0.2, 0.25) is 0 Å². The molecule has 12 heavy (non-hydrogen) atoms. The molecule has 0 aromatic rings. The molecular formula is C11H19N. The summed E-state index contributed by atoms with van der Waals surface area (Å²) < 4.78 is 0. The van der Waals surface area contributed by atoms with Crippen molar-refractivity contribution in [2.75, 3.05) is 6.54 Å². The Hall–Kier alpha value is -0.0400. The van der Waals surface area contributed by atoms with Crippen LogP contribution in [0.25, 0.3) is 0 Å². The van der Waals surface area contributed by atoms with Gasteiger partial charge in [-0.25, -0.2) is 0 Å². The molecule has 0 spiro atoms. The average molecular weight is 165 g/mol. The van der Waals surface area contributed by atoms with Gasteiger partial charge in [0.1, 0.15) is 0 Å². The van der Waals surface area contributed by atoms with Crippen molar-refractivity contribution in [2.24, 2.45) is 28.9 Å². The second-order valence-corrected chi connectivity index (χ2v) is 5.21. The van der Waals surface area contributed by atoms with Gasteiger partial charge in [-0.05, 0) is 61.8 Å². The molecule has 0 aromatic heterocycles. The summed E-state index contributed by atoms with van der Waals surface area (Å²) in [4.78, 5) is 0. The molecule has 2 bridgehead atoms. The SMILES string of the molecule is NC[C@]12CCC[C@@H]1[C@H]1CC[C@H]2C1. The molecule has 0 aliphatic heterocycles. The quantitative estimate of drug-likeness (QED) is 0.633. The Balaban J connectivity index is 1.98. The normalized spacial score (nSPS) is 56.2. The Morgan fingerprint density at radius 1 is 1.25 bits per heavy atom. The summed E-state index contributed by atoms with van der Waals surface area (Å²) in [6, 6.07) is 0. The molecule has 0 amide bonds. The molecule has 3 aliphatic carbocycles. The minimum Gasteiger partial charge on any atom is -0.330 e. The molecule has 0 heterocycles. The van der Waals surface area contributed by atoms with Crippen molar-refractivity contribution in [3.63, 3.8) is 0 Å². The monoisotopic (exact) mass is 165 g/mol. The smallest absolute Gasteiger partial charge is 0.00151 e. The molecule has 3 fully saturated rings. The molecule has 3 rings (SSSR count). The lowest BCUT2D eigenvalue weighted by atomic mass is 9.68. The fourth-order valence-electron chi connectivity index (χ4n) is 4.66. The Bertz CT molecular complexity index is 201. The van der Waals surface area contributed by atoms with E-state index in [0.29, 0.717) is 5.41 Å². The summed E-state index contributed by atoms with van der Waals surface area (Å²) in [7, 11) is 0. The largest absolute Gasteiger partial charge is 0.330 e. The number of hydrogen-bond acceptors (Lipinski definition) is 1. The maximum absolute atomic E-state index is 6.00. The minimum absolute atomic E-state index is 0.642. The first kappa shape index (κ1) is 7.37. The molecule has 1 heteroatoms. The van der Waals surface area contributed by atoms with Gasteiger partial charge in [0, 0.05) is 0 Å². The van der Waals surface area contributed by atoms with Crippen LogP contribution in [0.1, 0.15) is 38.5 Å². The molecule has 0 saturated heterocycles. The summed E-state index contributed by atoms with van der Waals surface area (Å²) in [6.45, 7) is 0.985.